The van der Waals surface area contributed by atoms with Crippen LogP contribution in [0.5, 0.6) is 0 Å². The largest absolute Gasteiger partial charge is 0.456 e. The van der Waals surface area contributed by atoms with Crippen LogP contribution in [0.25, 0.3) is 87.8 Å². The average molecular weight is 523 g/mol. The van der Waals surface area contributed by atoms with Crippen LogP contribution in [0.2, 0.25) is 0 Å². The smallest absolute Gasteiger partial charge is 0.160 e. The van der Waals surface area contributed by atoms with Crippen LogP contribution in [0, 0.1) is 0 Å². The number of benzene rings is 7. The van der Waals surface area contributed by atoms with Crippen molar-refractivity contribution in [3.05, 3.63) is 133 Å². The van der Waals surface area contributed by atoms with Gasteiger partial charge in [0.1, 0.15) is 11.2 Å². The number of para-hydroxylation sites is 2. The zero-order valence-corrected chi connectivity index (χ0v) is 22.0. The number of furan rings is 1. The first-order valence-electron chi connectivity index (χ1n) is 13.8. The Balaban J connectivity index is 1.39. The first-order valence-corrected chi connectivity index (χ1v) is 13.8. The SMILES string of the molecule is c1ccc(-c2nc(-c3ccc4c(c3)c3ccccc3c3ccc5oc6ccccc6c5c34)nc3ccccc23)cc1. The van der Waals surface area contributed by atoms with E-state index in [1.165, 1.54) is 32.3 Å². The average Bonchev–Trinajstić information content (AvgIpc) is 3.43. The van der Waals surface area contributed by atoms with Crippen molar-refractivity contribution in [1.29, 1.82) is 0 Å². The lowest BCUT2D eigenvalue weighted by molar-refractivity contribution is 0.669. The highest BCUT2D eigenvalue weighted by Crippen LogP contribution is 2.43. The van der Waals surface area contributed by atoms with E-state index in [-0.39, 0.29) is 0 Å². The van der Waals surface area contributed by atoms with Gasteiger partial charge in [-0.15, -0.1) is 0 Å². The van der Waals surface area contributed by atoms with Gasteiger partial charge in [-0.2, -0.15) is 0 Å². The van der Waals surface area contributed by atoms with Gasteiger partial charge in [0.15, 0.2) is 5.82 Å². The normalized spacial score (nSPS) is 11.9. The summed E-state index contributed by atoms with van der Waals surface area (Å²) in [5, 5.41) is 10.6. The van der Waals surface area contributed by atoms with E-state index in [1.807, 2.05) is 30.3 Å². The van der Waals surface area contributed by atoms with Gasteiger partial charge in [-0.05, 0) is 57.3 Å². The van der Waals surface area contributed by atoms with E-state index in [0.29, 0.717) is 0 Å². The monoisotopic (exact) mass is 522 g/mol. The Labute approximate surface area is 235 Å². The quantitative estimate of drug-likeness (QED) is 0.212. The molecule has 2 heterocycles. The van der Waals surface area contributed by atoms with Gasteiger partial charge in [0.05, 0.1) is 11.2 Å². The fourth-order valence-corrected chi connectivity index (χ4v) is 6.42. The molecule has 190 valence electrons. The Morgan fingerprint density at radius 3 is 1.90 bits per heavy atom. The molecule has 0 saturated carbocycles. The number of hydrogen-bond donors (Lipinski definition) is 0. The maximum atomic E-state index is 6.29. The molecule has 0 aliphatic heterocycles. The van der Waals surface area contributed by atoms with Crippen LogP contribution >= 0.6 is 0 Å². The van der Waals surface area contributed by atoms with E-state index in [2.05, 4.69) is 103 Å². The minimum atomic E-state index is 0.723. The van der Waals surface area contributed by atoms with Crippen LogP contribution in [0.15, 0.2) is 138 Å². The van der Waals surface area contributed by atoms with E-state index in [1.54, 1.807) is 0 Å². The molecule has 0 N–H and O–H groups in total. The van der Waals surface area contributed by atoms with Gasteiger partial charge in [0, 0.05) is 32.7 Å². The molecule has 9 rings (SSSR count). The highest BCUT2D eigenvalue weighted by Gasteiger charge is 2.17. The Bertz CT molecular complexity index is 2470. The van der Waals surface area contributed by atoms with Crippen LogP contribution in [0.1, 0.15) is 0 Å². The molecule has 0 radical (unpaired) electrons. The molecule has 0 spiro atoms. The molecule has 41 heavy (non-hydrogen) atoms. The zero-order valence-electron chi connectivity index (χ0n) is 22.0. The molecule has 0 aliphatic rings. The zero-order chi connectivity index (χ0) is 26.9. The molecular formula is C38H22N2O. The summed E-state index contributed by atoms with van der Waals surface area (Å²) in [6.45, 7) is 0. The Morgan fingerprint density at radius 1 is 0.390 bits per heavy atom. The minimum absolute atomic E-state index is 0.723. The third kappa shape index (κ3) is 3.26. The van der Waals surface area contributed by atoms with Crippen LogP contribution in [0.3, 0.4) is 0 Å². The van der Waals surface area contributed by atoms with Crippen molar-refractivity contribution >= 4 is 65.2 Å². The van der Waals surface area contributed by atoms with Gasteiger partial charge >= 0.3 is 0 Å². The van der Waals surface area contributed by atoms with Crippen molar-refractivity contribution in [2.75, 3.05) is 0 Å². The molecule has 0 saturated heterocycles. The van der Waals surface area contributed by atoms with Crippen molar-refractivity contribution in [3.63, 3.8) is 0 Å². The highest BCUT2D eigenvalue weighted by atomic mass is 16.3. The van der Waals surface area contributed by atoms with Crippen LogP contribution in [-0.2, 0) is 0 Å². The van der Waals surface area contributed by atoms with Gasteiger partial charge in [-0.3, -0.25) is 0 Å². The molecule has 2 aromatic heterocycles. The summed E-state index contributed by atoms with van der Waals surface area (Å²) in [7, 11) is 0. The van der Waals surface area contributed by atoms with E-state index in [9.17, 15) is 0 Å². The number of aromatic nitrogens is 2. The fourth-order valence-electron chi connectivity index (χ4n) is 6.42. The maximum absolute atomic E-state index is 6.29. The lowest BCUT2D eigenvalue weighted by atomic mass is 9.91. The summed E-state index contributed by atoms with van der Waals surface area (Å²) in [6.07, 6.45) is 0. The molecule has 9 aromatic rings. The molecule has 0 aliphatic carbocycles. The number of nitrogens with zero attached hydrogens (tertiary/aromatic N) is 2. The minimum Gasteiger partial charge on any atom is -0.456 e. The molecule has 0 amide bonds. The van der Waals surface area contributed by atoms with Gasteiger partial charge in [-0.1, -0.05) is 103 Å². The standard InChI is InChI=1S/C38H22N2O/c1-2-10-23(11-3-1)37-29-14-6-8-16-32(29)39-38(40-37)24-18-19-28-31(22-24)26-13-5-4-12-25(26)27-20-21-34-36(35(27)28)30-15-7-9-17-33(30)41-34/h1-22H. The van der Waals surface area contributed by atoms with Crippen molar-refractivity contribution in [2.45, 2.75) is 0 Å². The maximum Gasteiger partial charge on any atom is 0.160 e. The molecule has 0 unspecified atom stereocenters. The van der Waals surface area contributed by atoms with Gasteiger partial charge < -0.3 is 4.42 Å². The lowest BCUT2D eigenvalue weighted by Crippen LogP contribution is -1.95. The molecule has 3 nitrogen and oxygen atoms in total. The topological polar surface area (TPSA) is 38.9 Å². The Kier molecular flexibility index (Phi) is 4.61. The van der Waals surface area contributed by atoms with Gasteiger partial charge in [-0.25, -0.2) is 9.97 Å². The summed E-state index contributed by atoms with van der Waals surface area (Å²) in [5.74, 6) is 0.723. The Morgan fingerprint density at radius 2 is 1.05 bits per heavy atom. The second kappa shape index (κ2) is 8.48. The number of fused-ring (bicyclic) bond motifs is 11. The highest BCUT2D eigenvalue weighted by molar-refractivity contribution is 6.34. The third-order valence-electron chi connectivity index (χ3n) is 8.25. The number of rotatable bonds is 2. The second-order valence-electron chi connectivity index (χ2n) is 10.5. The van der Waals surface area contributed by atoms with E-state index >= 15 is 0 Å². The second-order valence-corrected chi connectivity index (χ2v) is 10.5. The van der Waals surface area contributed by atoms with E-state index in [4.69, 9.17) is 14.4 Å². The van der Waals surface area contributed by atoms with Crippen molar-refractivity contribution < 1.29 is 4.42 Å². The molecule has 3 heteroatoms. The first-order chi connectivity index (χ1) is 20.3. The van der Waals surface area contributed by atoms with E-state index in [0.717, 1.165) is 55.5 Å². The lowest BCUT2D eigenvalue weighted by Gasteiger charge is -2.13. The molecule has 7 aromatic carbocycles. The van der Waals surface area contributed by atoms with Gasteiger partial charge in [0.2, 0.25) is 0 Å². The van der Waals surface area contributed by atoms with Gasteiger partial charge in [0.25, 0.3) is 0 Å². The van der Waals surface area contributed by atoms with Crippen LogP contribution in [-0.4, -0.2) is 9.97 Å². The molecule has 0 fully saturated rings. The molecule has 0 bridgehead atoms. The van der Waals surface area contributed by atoms with Crippen molar-refractivity contribution in [2.24, 2.45) is 0 Å². The summed E-state index contributed by atoms with van der Waals surface area (Å²) in [5.41, 5.74) is 5.77. The summed E-state index contributed by atoms with van der Waals surface area (Å²) in [6, 6.07) is 46.6. The Hall–Kier alpha value is -5.54. The van der Waals surface area contributed by atoms with Crippen molar-refractivity contribution in [1.82, 2.24) is 9.97 Å². The van der Waals surface area contributed by atoms with E-state index < -0.39 is 0 Å². The molecule has 0 atom stereocenters. The predicted octanol–water partition coefficient (Wildman–Crippen LogP) is 10.3. The summed E-state index contributed by atoms with van der Waals surface area (Å²) < 4.78 is 6.29. The predicted molar refractivity (Wildman–Crippen MR) is 170 cm³/mol. The number of hydrogen-bond acceptors (Lipinski definition) is 3. The first kappa shape index (κ1) is 22.3. The van der Waals surface area contributed by atoms with Crippen LogP contribution < -0.4 is 0 Å². The summed E-state index contributed by atoms with van der Waals surface area (Å²) in [4.78, 5) is 10.2. The van der Waals surface area contributed by atoms with Crippen molar-refractivity contribution in [3.8, 4) is 22.6 Å². The molecular weight excluding hydrogens is 500 g/mol. The summed E-state index contributed by atoms with van der Waals surface area (Å²) >= 11 is 0. The van der Waals surface area contributed by atoms with Crippen LogP contribution in [0.4, 0.5) is 0 Å². The third-order valence-corrected chi connectivity index (χ3v) is 8.25. The fraction of sp³-hybridized carbons (Fsp3) is 0.